The molecule has 0 aliphatic carbocycles. The van der Waals surface area contributed by atoms with Gasteiger partial charge >= 0.3 is 0 Å². The number of aryl methyl sites for hydroxylation is 1. The molecule has 2 N–H and O–H groups in total. The van der Waals surface area contributed by atoms with Gasteiger partial charge in [0.05, 0.1) is 22.5 Å². The molecule has 0 fully saturated rings. The number of rotatable bonds is 9. The lowest BCUT2D eigenvalue weighted by molar-refractivity contribution is 0.0814. The fourth-order valence-electron chi connectivity index (χ4n) is 3.86. The number of anilines is 1. The van der Waals surface area contributed by atoms with Gasteiger partial charge in [-0.1, -0.05) is 25.1 Å². The van der Waals surface area contributed by atoms with Gasteiger partial charge in [-0.25, -0.2) is 18.7 Å². The van der Waals surface area contributed by atoms with Crippen LogP contribution in [0.1, 0.15) is 34.5 Å². The zero-order chi connectivity index (χ0) is 25.7. The second-order valence-electron chi connectivity index (χ2n) is 8.26. The van der Waals surface area contributed by atoms with Crippen molar-refractivity contribution in [3.05, 3.63) is 71.9 Å². The molecular weight excluding hydrogens is 466 g/mol. The SMILES string of the molecule is CNC(=O)c1ccnc2c([C@H](C)CNc3cc(-c4cnc(C)c(OCC(F)F)c4)ncn3)cccc12. The molecule has 0 unspecified atom stereocenters. The van der Waals surface area contributed by atoms with Crippen LogP contribution in [0.2, 0.25) is 0 Å². The lowest BCUT2D eigenvalue weighted by Gasteiger charge is -2.16. The number of amides is 1. The molecule has 1 atom stereocenters. The van der Waals surface area contributed by atoms with E-state index in [1.54, 1.807) is 44.6 Å². The van der Waals surface area contributed by atoms with Crippen molar-refractivity contribution in [3.8, 4) is 17.0 Å². The van der Waals surface area contributed by atoms with E-state index in [9.17, 15) is 13.6 Å². The lowest BCUT2D eigenvalue weighted by atomic mass is 9.96. The van der Waals surface area contributed by atoms with Crippen molar-refractivity contribution in [3.63, 3.8) is 0 Å². The van der Waals surface area contributed by atoms with Gasteiger partial charge in [-0.05, 0) is 24.6 Å². The maximum atomic E-state index is 12.6. The summed E-state index contributed by atoms with van der Waals surface area (Å²) in [6, 6.07) is 10.9. The summed E-state index contributed by atoms with van der Waals surface area (Å²) >= 11 is 0. The molecule has 1 amide bonds. The number of fused-ring (bicyclic) bond motifs is 1. The van der Waals surface area contributed by atoms with Gasteiger partial charge in [0.15, 0.2) is 0 Å². The molecule has 0 aliphatic heterocycles. The average molecular weight is 493 g/mol. The van der Waals surface area contributed by atoms with E-state index in [1.807, 2.05) is 18.2 Å². The fraction of sp³-hybridized carbons (Fsp3) is 0.269. The van der Waals surface area contributed by atoms with E-state index in [0.717, 1.165) is 16.5 Å². The van der Waals surface area contributed by atoms with Gasteiger partial charge in [-0.2, -0.15) is 0 Å². The number of aromatic nitrogens is 4. The molecule has 0 aliphatic rings. The topological polar surface area (TPSA) is 102 Å². The molecule has 0 saturated heterocycles. The minimum absolute atomic E-state index is 0.0509. The normalized spacial score (nSPS) is 11.9. The maximum Gasteiger partial charge on any atom is 0.272 e. The second-order valence-corrected chi connectivity index (χ2v) is 8.26. The quantitative estimate of drug-likeness (QED) is 0.352. The molecule has 3 heterocycles. The van der Waals surface area contributed by atoms with Crippen LogP contribution in [0.5, 0.6) is 5.75 Å². The first kappa shape index (κ1) is 24.9. The number of pyridine rings is 2. The minimum Gasteiger partial charge on any atom is -0.486 e. The van der Waals surface area contributed by atoms with Crippen molar-refractivity contribution in [2.24, 2.45) is 0 Å². The van der Waals surface area contributed by atoms with Gasteiger partial charge in [-0.15, -0.1) is 0 Å². The van der Waals surface area contributed by atoms with Crippen molar-refractivity contribution >= 4 is 22.6 Å². The highest BCUT2D eigenvalue weighted by molar-refractivity contribution is 6.06. The average Bonchev–Trinajstić information content (AvgIpc) is 2.90. The monoisotopic (exact) mass is 492 g/mol. The summed E-state index contributed by atoms with van der Waals surface area (Å²) in [5.41, 5.74) is 4.08. The third-order valence-electron chi connectivity index (χ3n) is 5.76. The van der Waals surface area contributed by atoms with E-state index in [2.05, 4.69) is 37.5 Å². The lowest BCUT2D eigenvalue weighted by Crippen LogP contribution is -2.18. The third kappa shape index (κ3) is 5.54. The number of hydrogen-bond acceptors (Lipinski definition) is 7. The number of halogens is 2. The molecule has 0 saturated carbocycles. The Morgan fingerprint density at radius 2 is 1.94 bits per heavy atom. The fourth-order valence-corrected chi connectivity index (χ4v) is 3.86. The van der Waals surface area contributed by atoms with E-state index >= 15 is 0 Å². The highest BCUT2D eigenvalue weighted by atomic mass is 19.3. The third-order valence-corrected chi connectivity index (χ3v) is 5.76. The summed E-state index contributed by atoms with van der Waals surface area (Å²) in [4.78, 5) is 29.6. The standard InChI is InChI=1S/C26H26F2N6O2/c1-15(18-5-4-6-19-20(26(35)29-3)7-8-30-25(18)19)11-32-24-10-21(33-14-34-24)17-9-22(16(2)31-12-17)36-13-23(27)28/h4-10,12,14-15,23H,11,13H2,1-3H3,(H,29,35)(H,32,33,34)/t15-/m1/s1. The van der Waals surface area contributed by atoms with Crippen LogP contribution >= 0.6 is 0 Å². The van der Waals surface area contributed by atoms with Crippen molar-refractivity contribution in [1.29, 1.82) is 0 Å². The number of hydrogen-bond donors (Lipinski definition) is 2. The van der Waals surface area contributed by atoms with Crippen LogP contribution in [0.3, 0.4) is 0 Å². The van der Waals surface area contributed by atoms with Crippen LogP contribution in [0.25, 0.3) is 22.2 Å². The summed E-state index contributed by atoms with van der Waals surface area (Å²) in [6.07, 6.45) is 2.11. The molecular formula is C26H26F2N6O2. The van der Waals surface area contributed by atoms with Crippen molar-refractivity contribution in [1.82, 2.24) is 25.3 Å². The highest BCUT2D eigenvalue weighted by Crippen LogP contribution is 2.28. The van der Waals surface area contributed by atoms with Crippen LogP contribution < -0.4 is 15.4 Å². The number of carbonyl (C=O) groups excluding carboxylic acids is 1. The van der Waals surface area contributed by atoms with Crippen molar-refractivity contribution in [2.75, 3.05) is 25.5 Å². The zero-order valence-corrected chi connectivity index (χ0v) is 20.1. The predicted molar refractivity (Wildman–Crippen MR) is 134 cm³/mol. The Balaban J connectivity index is 1.52. The highest BCUT2D eigenvalue weighted by Gasteiger charge is 2.16. The number of benzene rings is 1. The van der Waals surface area contributed by atoms with Gasteiger partial charge in [0, 0.05) is 48.9 Å². The van der Waals surface area contributed by atoms with Gasteiger partial charge in [0.1, 0.15) is 24.5 Å². The Kier molecular flexibility index (Phi) is 7.62. The van der Waals surface area contributed by atoms with Gasteiger partial charge < -0.3 is 15.4 Å². The van der Waals surface area contributed by atoms with Gasteiger partial charge in [0.2, 0.25) is 0 Å². The number of para-hydroxylation sites is 1. The van der Waals surface area contributed by atoms with Crippen LogP contribution in [0.15, 0.2) is 55.1 Å². The van der Waals surface area contributed by atoms with E-state index in [1.165, 1.54) is 6.33 Å². The van der Waals surface area contributed by atoms with Crippen LogP contribution in [0.4, 0.5) is 14.6 Å². The molecule has 0 bridgehead atoms. The largest absolute Gasteiger partial charge is 0.486 e. The molecule has 0 radical (unpaired) electrons. The predicted octanol–water partition coefficient (Wildman–Crippen LogP) is 4.61. The Labute approximate surface area is 207 Å². The number of nitrogens with one attached hydrogen (secondary N) is 2. The smallest absolute Gasteiger partial charge is 0.272 e. The molecule has 36 heavy (non-hydrogen) atoms. The Bertz CT molecular complexity index is 1380. The summed E-state index contributed by atoms with van der Waals surface area (Å²) in [5.74, 6) is 0.776. The van der Waals surface area contributed by atoms with E-state index in [4.69, 9.17) is 4.74 Å². The molecule has 10 heteroatoms. The minimum atomic E-state index is -2.57. The first-order valence-corrected chi connectivity index (χ1v) is 11.4. The molecule has 186 valence electrons. The molecule has 0 spiro atoms. The summed E-state index contributed by atoms with van der Waals surface area (Å²) in [6.45, 7) is 3.61. The second kappa shape index (κ2) is 11.0. The summed E-state index contributed by atoms with van der Waals surface area (Å²) < 4.78 is 30.3. The van der Waals surface area contributed by atoms with E-state index < -0.39 is 13.0 Å². The molecule has 1 aromatic carbocycles. The van der Waals surface area contributed by atoms with Crippen LogP contribution in [-0.4, -0.2) is 52.5 Å². The molecule has 3 aromatic heterocycles. The molecule has 4 aromatic rings. The van der Waals surface area contributed by atoms with E-state index in [0.29, 0.717) is 34.9 Å². The van der Waals surface area contributed by atoms with Crippen molar-refractivity contribution < 1.29 is 18.3 Å². The number of carbonyl (C=O) groups is 1. The first-order valence-electron chi connectivity index (χ1n) is 11.4. The maximum absolute atomic E-state index is 12.6. The van der Waals surface area contributed by atoms with Crippen LogP contribution in [-0.2, 0) is 0 Å². The Hall–Kier alpha value is -4.21. The summed E-state index contributed by atoms with van der Waals surface area (Å²) in [5, 5.41) is 6.78. The van der Waals surface area contributed by atoms with Crippen molar-refractivity contribution in [2.45, 2.75) is 26.2 Å². The molecule has 4 rings (SSSR count). The van der Waals surface area contributed by atoms with E-state index in [-0.39, 0.29) is 17.6 Å². The number of nitrogens with zero attached hydrogens (tertiary/aromatic N) is 4. The number of alkyl halides is 2. The first-order chi connectivity index (χ1) is 17.4. The Morgan fingerprint density at radius 1 is 1.11 bits per heavy atom. The Morgan fingerprint density at radius 3 is 2.72 bits per heavy atom. The number of ether oxygens (including phenoxy) is 1. The molecule has 8 nitrogen and oxygen atoms in total. The van der Waals surface area contributed by atoms with Crippen LogP contribution in [0, 0.1) is 6.92 Å². The van der Waals surface area contributed by atoms with Gasteiger partial charge in [0.25, 0.3) is 12.3 Å². The summed E-state index contributed by atoms with van der Waals surface area (Å²) in [7, 11) is 1.60. The van der Waals surface area contributed by atoms with Gasteiger partial charge in [-0.3, -0.25) is 14.8 Å². The zero-order valence-electron chi connectivity index (χ0n) is 20.1.